The lowest BCUT2D eigenvalue weighted by molar-refractivity contribution is -0.141. The lowest BCUT2D eigenvalue weighted by Gasteiger charge is -2.47. The first-order valence-corrected chi connectivity index (χ1v) is 12.7. The number of piperazine rings is 1. The molecule has 2 heterocycles. The Balaban J connectivity index is 1.39. The Morgan fingerprint density at radius 1 is 1.03 bits per heavy atom. The summed E-state index contributed by atoms with van der Waals surface area (Å²) in [7, 11) is 1.43. The fraction of sp³-hybridized carbons (Fsp3) is 0.536. The van der Waals surface area contributed by atoms with E-state index in [1.54, 1.807) is 6.07 Å². The van der Waals surface area contributed by atoms with E-state index in [9.17, 15) is 18.0 Å². The molecular weight excluding hydrogens is 467 g/mol. The van der Waals surface area contributed by atoms with Gasteiger partial charge in [0, 0.05) is 57.4 Å². The molecule has 2 atom stereocenters. The maximum atomic E-state index is 13.2. The summed E-state index contributed by atoms with van der Waals surface area (Å²) in [5.74, 6) is 0.154. The molecule has 0 saturated carbocycles. The van der Waals surface area contributed by atoms with Gasteiger partial charge in [-0.15, -0.1) is 0 Å². The van der Waals surface area contributed by atoms with Gasteiger partial charge in [0.1, 0.15) is 0 Å². The lowest BCUT2D eigenvalue weighted by Crippen LogP contribution is -2.56. The van der Waals surface area contributed by atoms with Gasteiger partial charge in [0.2, 0.25) is 0 Å². The third kappa shape index (κ3) is 6.79. The molecule has 0 radical (unpaired) electrons. The largest absolute Gasteiger partial charge is 0.469 e. The van der Waals surface area contributed by atoms with Crippen LogP contribution in [0.3, 0.4) is 0 Å². The Hall–Kier alpha value is -2.58. The average Bonchev–Trinajstić information content (AvgIpc) is 2.87. The fourth-order valence-electron chi connectivity index (χ4n) is 5.67. The summed E-state index contributed by atoms with van der Waals surface area (Å²) in [5.41, 5.74) is 2.57. The molecule has 0 amide bonds. The van der Waals surface area contributed by atoms with Crippen LogP contribution in [0.25, 0.3) is 0 Å². The number of esters is 1. The zero-order chi connectivity index (χ0) is 25.7. The molecule has 8 heteroatoms. The van der Waals surface area contributed by atoms with E-state index in [1.807, 2.05) is 4.90 Å². The summed E-state index contributed by atoms with van der Waals surface area (Å²) < 4.78 is 44.4. The predicted octanol–water partition coefficient (Wildman–Crippen LogP) is 4.98. The van der Waals surface area contributed by atoms with Crippen LogP contribution in [0.1, 0.15) is 36.0 Å². The van der Waals surface area contributed by atoms with Crippen molar-refractivity contribution in [2.45, 2.75) is 44.9 Å². The maximum Gasteiger partial charge on any atom is 0.416 e. The number of halogens is 3. The molecule has 0 spiro atoms. The lowest BCUT2D eigenvalue weighted by atomic mass is 9.86. The molecule has 196 valence electrons. The number of hydrogen-bond donors (Lipinski definition) is 0. The normalized spacial score (nSPS) is 22.0. The van der Waals surface area contributed by atoms with Crippen LogP contribution >= 0.6 is 0 Å². The van der Waals surface area contributed by atoms with Crippen LogP contribution in [-0.4, -0.2) is 68.2 Å². The molecule has 2 aromatic carbocycles. The third-order valence-corrected chi connectivity index (χ3v) is 7.54. The number of anilines is 1. The summed E-state index contributed by atoms with van der Waals surface area (Å²) in [6, 6.07) is 14.6. The summed E-state index contributed by atoms with van der Waals surface area (Å²) >= 11 is 0. The van der Waals surface area contributed by atoms with E-state index in [2.05, 4.69) is 41.0 Å². The highest BCUT2D eigenvalue weighted by Crippen LogP contribution is 2.33. The molecule has 2 fully saturated rings. The van der Waals surface area contributed by atoms with Gasteiger partial charge in [-0.25, -0.2) is 0 Å². The SMILES string of the molecule is COC(=O)CC[C@@H]1CN(Cc2cccc(C)c2)CC[C@@H]1N1CCN(c2cccc(C(F)(F)F)c2)CC1. The Morgan fingerprint density at radius 3 is 2.47 bits per heavy atom. The first-order valence-electron chi connectivity index (χ1n) is 12.7. The van der Waals surface area contributed by atoms with Crippen LogP contribution in [-0.2, 0) is 22.3 Å². The van der Waals surface area contributed by atoms with Gasteiger partial charge in [0.05, 0.1) is 12.7 Å². The minimum Gasteiger partial charge on any atom is -0.469 e. The molecule has 2 aromatic rings. The number of carbonyl (C=O) groups is 1. The molecule has 0 N–H and O–H groups in total. The number of nitrogens with zero attached hydrogens (tertiary/aromatic N) is 3. The number of likely N-dealkylation sites (tertiary alicyclic amines) is 1. The Bertz CT molecular complexity index is 1020. The van der Waals surface area contributed by atoms with Gasteiger partial charge in [-0.05, 0) is 56.0 Å². The molecule has 0 bridgehead atoms. The molecule has 2 aliphatic rings. The van der Waals surface area contributed by atoms with E-state index < -0.39 is 11.7 Å². The number of carbonyl (C=O) groups excluding carboxylic acids is 1. The van der Waals surface area contributed by atoms with Gasteiger partial charge in [0.25, 0.3) is 0 Å². The smallest absolute Gasteiger partial charge is 0.416 e. The van der Waals surface area contributed by atoms with Crippen molar-refractivity contribution in [3.05, 3.63) is 65.2 Å². The highest BCUT2D eigenvalue weighted by atomic mass is 19.4. The van der Waals surface area contributed by atoms with Gasteiger partial charge < -0.3 is 9.64 Å². The number of alkyl halides is 3. The second-order valence-electron chi connectivity index (χ2n) is 10.0. The van der Waals surface area contributed by atoms with Crippen molar-refractivity contribution in [2.75, 3.05) is 51.3 Å². The van der Waals surface area contributed by atoms with Crippen molar-refractivity contribution >= 4 is 11.7 Å². The number of aryl methyl sites for hydroxylation is 1. The van der Waals surface area contributed by atoms with E-state index in [1.165, 1.54) is 30.4 Å². The number of rotatable bonds is 7. The summed E-state index contributed by atoms with van der Waals surface area (Å²) in [5, 5.41) is 0. The van der Waals surface area contributed by atoms with E-state index in [0.717, 1.165) is 51.6 Å². The molecule has 0 unspecified atom stereocenters. The highest BCUT2D eigenvalue weighted by molar-refractivity contribution is 5.69. The number of benzene rings is 2. The highest BCUT2D eigenvalue weighted by Gasteiger charge is 2.35. The van der Waals surface area contributed by atoms with E-state index >= 15 is 0 Å². The first kappa shape index (κ1) is 26.5. The summed E-state index contributed by atoms with van der Waals surface area (Å²) in [6.07, 6.45) is -2.14. The Labute approximate surface area is 211 Å². The topological polar surface area (TPSA) is 36.0 Å². The van der Waals surface area contributed by atoms with Gasteiger partial charge in [0.15, 0.2) is 0 Å². The Morgan fingerprint density at radius 2 is 1.78 bits per heavy atom. The minimum absolute atomic E-state index is 0.182. The quantitative estimate of drug-likeness (QED) is 0.498. The molecule has 0 aliphatic carbocycles. The van der Waals surface area contributed by atoms with Crippen molar-refractivity contribution in [2.24, 2.45) is 5.92 Å². The van der Waals surface area contributed by atoms with Gasteiger partial charge in [-0.3, -0.25) is 14.6 Å². The Kier molecular flexibility index (Phi) is 8.57. The van der Waals surface area contributed by atoms with Crippen LogP contribution in [0.2, 0.25) is 0 Å². The summed E-state index contributed by atoms with van der Waals surface area (Å²) in [6.45, 7) is 7.88. The first-order chi connectivity index (χ1) is 17.2. The van der Waals surface area contributed by atoms with E-state index in [4.69, 9.17) is 4.74 Å². The predicted molar refractivity (Wildman–Crippen MR) is 135 cm³/mol. The van der Waals surface area contributed by atoms with Crippen LogP contribution in [0.4, 0.5) is 18.9 Å². The molecule has 2 saturated heterocycles. The number of methoxy groups -OCH3 is 1. The van der Waals surface area contributed by atoms with Crippen molar-refractivity contribution in [1.82, 2.24) is 9.80 Å². The van der Waals surface area contributed by atoms with E-state index in [-0.39, 0.29) is 5.97 Å². The van der Waals surface area contributed by atoms with Crippen molar-refractivity contribution in [1.29, 1.82) is 0 Å². The second-order valence-corrected chi connectivity index (χ2v) is 10.0. The third-order valence-electron chi connectivity index (χ3n) is 7.54. The second kappa shape index (κ2) is 11.6. The minimum atomic E-state index is -4.34. The van der Waals surface area contributed by atoms with Gasteiger partial charge in [-0.2, -0.15) is 13.2 Å². The molecule has 0 aromatic heterocycles. The molecule has 2 aliphatic heterocycles. The molecule has 4 rings (SSSR count). The van der Waals surface area contributed by atoms with Crippen LogP contribution in [0.15, 0.2) is 48.5 Å². The van der Waals surface area contributed by atoms with Crippen LogP contribution in [0, 0.1) is 12.8 Å². The zero-order valence-electron chi connectivity index (χ0n) is 21.1. The fourth-order valence-corrected chi connectivity index (χ4v) is 5.67. The zero-order valence-corrected chi connectivity index (χ0v) is 21.1. The standard InChI is InChI=1S/C28H36F3N3O2/c1-21-5-3-6-22(17-21)19-32-12-11-26(23(20-32)9-10-27(35)36-2)34-15-13-33(14-16-34)25-8-4-7-24(18-25)28(29,30)31/h3-8,17-18,23,26H,9-16,19-20H2,1-2H3/t23-,26+/m1/s1. The average molecular weight is 504 g/mol. The maximum absolute atomic E-state index is 13.2. The molecule has 5 nitrogen and oxygen atoms in total. The summed E-state index contributed by atoms with van der Waals surface area (Å²) in [4.78, 5) is 18.9. The molecular formula is C28H36F3N3O2. The number of hydrogen-bond acceptors (Lipinski definition) is 5. The van der Waals surface area contributed by atoms with E-state index in [0.29, 0.717) is 37.2 Å². The van der Waals surface area contributed by atoms with Crippen LogP contribution in [0.5, 0.6) is 0 Å². The monoisotopic (exact) mass is 503 g/mol. The van der Waals surface area contributed by atoms with Gasteiger partial charge >= 0.3 is 12.1 Å². The van der Waals surface area contributed by atoms with Gasteiger partial charge in [-0.1, -0.05) is 35.9 Å². The van der Waals surface area contributed by atoms with Crippen molar-refractivity contribution in [3.8, 4) is 0 Å². The number of ether oxygens (including phenoxy) is 1. The molecule has 36 heavy (non-hydrogen) atoms. The van der Waals surface area contributed by atoms with Crippen molar-refractivity contribution in [3.63, 3.8) is 0 Å². The number of piperidine rings is 1. The van der Waals surface area contributed by atoms with Crippen LogP contribution < -0.4 is 4.90 Å². The van der Waals surface area contributed by atoms with Crippen molar-refractivity contribution < 1.29 is 22.7 Å².